The second kappa shape index (κ2) is 10.0. The van der Waals surface area contributed by atoms with Crippen LogP contribution >= 0.6 is 0 Å². The number of unbranched alkanes of at least 4 members (excludes halogenated alkanes) is 1. The van der Waals surface area contributed by atoms with Crippen molar-refractivity contribution in [3.05, 3.63) is 0 Å². The molecule has 0 amide bonds. The summed E-state index contributed by atoms with van der Waals surface area (Å²) in [5, 5.41) is 17.7. The molecule has 0 aliphatic carbocycles. The van der Waals surface area contributed by atoms with E-state index >= 15 is 0 Å². The first-order valence-corrected chi connectivity index (χ1v) is 5.65. The molecule has 0 radical (unpaired) electrons. The van der Waals surface area contributed by atoms with Crippen molar-refractivity contribution in [2.24, 2.45) is 0 Å². The smallest absolute Gasteiger partial charge is 0.308 e. The summed E-state index contributed by atoms with van der Waals surface area (Å²) in [7, 11) is 1.31. The van der Waals surface area contributed by atoms with Gasteiger partial charge in [-0.05, 0) is 19.3 Å². The Morgan fingerprint density at radius 2 is 1.71 bits per heavy atom. The fourth-order valence-electron chi connectivity index (χ4n) is 1.18. The van der Waals surface area contributed by atoms with E-state index in [1.807, 2.05) is 0 Å². The molecule has 2 N–H and O–H groups in total. The molecule has 0 aliphatic rings. The van der Waals surface area contributed by atoms with Gasteiger partial charge < -0.3 is 19.7 Å². The molecule has 0 fully saturated rings. The standard InChI is InChI=1S/C11H20O6/c1-16-9(13)5-2-3-6-10(14)17-11(15)7-4-8-12/h11-12,15H,2-8H2,1H3. The first-order chi connectivity index (χ1) is 8.10. The monoisotopic (exact) mass is 248 g/mol. The van der Waals surface area contributed by atoms with Crippen LogP contribution in [0, 0.1) is 0 Å². The molecule has 1 unspecified atom stereocenters. The van der Waals surface area contributed by atoms with Crippen LogP contribution in [0.2, 0.25) is 0 Å². The molecule has 0 aromatic carbocycles. The van der Waals surface area contributed by atoms with Crippen LogP contribution in [0.3, 0.4) is 0 Å². The highest BCUT2D eigenvalue weighted by atomic mass is 16.6. The van der Waals surface area contributed by atoms with Crippen molar-refractivity contribution in [3.63, 3.8) is 0 Å². The second-order valence-electron chi connectivity index (χ2n) is 3.59. The molecule has 0 aromatic rings. The van der Waals surface area contributed by atoms with Gasteiger partial charge in [0.1, 0.15) is 0 Å². The SMILES string of the molecule is COC(=O)CCCCC(=O)OC(O)CCCO. The van der Waals surface area contributed by atoms with Gasteiger partial charge in [0.25, 0.3) is 0 Å². The largest absolute Gasteiger partial charge is 0.469 e. The third kappa shape index (κ3) is 9.77. The summed E-state index contributed by atoms with van der Waals surface area (Å²) >= 11 is 0. The van der Waals surface area contributed by atoms with E-state index in [-0.39, 0.29) is 31.8 Å². The molecule has 100 valence electrons. The van der Waals surface area contributed by atoms with Crippen molar-refractivity contribution in [1.82, 2.24) is 0 Å². The molecule has 17 heavy (non-hydrogen) atoms. The van der Waals surface area contributed by atoms with Crippen molar-refractivity contribution < 1.29 is 29.3 Å². The number of carbonyl (C=O) groups excluding carboxylic acids is 2. The molecule has 0 bridgehead atoms. The summed E-state index contributed by atoms with van der Waals surface area (Å²) in [6.45, 7) is -0.0479. The Morgan fingerprint density at radius 1 is 1.12 bits per heavy atom. The van der Waals surface area contributed by atoms with E-state index < -0.39 is 12.3 Å². The van der Waals surface area contributed by atoms with E-state index in [1.165, 1.54) is 7.11 Å². The average molecular weight is 248 g/mol. The van der Waals surface area contributed by atoms with Gasteiger partial charge in [-0.15, -0.1) is 0 Å². The van der Waals surface area contributed by atoms with Crippen LogP contribution in [0.25, 0.3) is 0 Å². The van der Waals surface area contributed by atoms with E-state index in [4.69, 9.17) is 5.11 Å². The minimum Gasteiger partial charge on any atom is -0.469 e. The number of aliphatic hydroxyl groups excluding tert-OH is 2. The lowest BCUT2D eigenvalue weighted by molar-refractivity contribution is -0.169. The van der Waals surface area contributed by atoms with Gasteiger partial charge in [0.15, 0.2) is 0 Å². The molecule has 0 saturated carbocycles. The highest BCUT2D eigenvalue weighted by molar-refractivity contribution is 5.70. The van der Waals surface area contributed by atoms with Crippen molar-refractivity contribution in [1.29, 1.82) is 0 Å². The number of ether oxygens (including phenoxy) is 2. The van der Waals surface area contributed by atoms with Gasteiger partial charge in [0.2, 0.25) is 6.29 Å². The normalized spacial score (nSPS) is 11.9. The second-order valence-corrected chi connectivity index (χ2v) is 3.59. The quantitative estimate of drug-likeness (QED) is 0.347. The highest BCUT2D eigenvalue weighted by Gasteiger charge is 2.10. The zero-order valence-corrected chi connectivity index (χ0v) is 10.1. The van der Waals surface area contributed by atoms with Crippen LogP contribution in [-0.2, 0) is 19.1 Å². The number of hydrogen-bond acceptors (Lipinski definition) is 6. The zero-order chi connectivity index (χ0) is 13.1. The first kappa shape index (κ1) is 15.9. The summed E-state index contributed by atoms with van der Waals surface area (Å²) in [4.78, 5) is 21.9. The van der Waals surface area contributed by atoms with Crippen LogP contribution in [0.4, 0.5) is 0 Å². The lowest BCUT2D eigenvalue weighted by Crippen LogP contribution is -2.17. The fraction of sp³-hybridized carbons (Fsp3) is 0.818. The topological polar surface area (TPSA) is 93.1 Å². The van der Waals surface area contributed by atoms with E-state index in [0.717, 1.165) is 0 Å². The molecule has 6 nitrogen and oxygen atoms in total. The predicted molar refractivity (Wildman–Crippen MR) is 58.9 cm³/mol. The van der Waals surface area contributed by atoms with Crippen molar-refractivity contribution in [3.8, 4) is 0 Å². The van der Waals surface area contributed by atoms with Gasteiger partial charge in [-0.1, -0.05) is 0 Å². The lowest BCUT2D eigenvalue weighted by atomic mass is 10.2. The minimum absolute atomic E-state index is 0.0479. The summed E-state index contributed by atoms with van der Waals surface area (Å²) in [5.74, 6) is -0.804. The molecular formula is C11H20O6. The zero-order valence-electron chi connectivity index (χ0n) is 10.1. The molecular weight excluding hydrogens is 228 g/mol. The van der Waals surface area contributed by atoms with E-state index in [2.05, 4.69) is 9.47 Å². The van der Waals surface area contributed by atoms with Crippen LogP contribution < -0.4 is 0 Å². The van der Waals surface area contributed by atoms with Crippen LogP contribution in [-0.4, -0.2) is 42.2 Å². The molecule has 0 heterocycles. The Balaban J connectivity index is 3.49. The lowest BCUT2D eigenvalue weighted by Gasteiger charge is -2.10. The first-order valence-electron chi connectivity index (χ1n) is 5.65. The van der Waals surface area contributed by atoms with E-state index in [9.17, 15) is 14.7 Å². The maximum Gasteiger partial charge on any atom is 0.308 e. The number of rotatable bonds is 9. The van der Waals surface area contributed by atoms with Crippen molar-refractivity contribution in [2.75, 3.05) is 13.7 Å². The fourth-order valence-corrected chi connectivity index (χ4v) is 1.18. The summed E-state index contributed by atoms with van der Waals surface area (Å²) in [5.41, 5.74) is 0. The minimum atomic E-state index is -1.16. The maximum atomic E-state index is 11.2. The van der Waals surface area contributed by atoms with Crippen molar-refractivity contribution >= 4 is 11.9 Å². The van der Waals surface area contributed by atoms with Crippen LogP contribution in [0.5, 0.6) is 0 Å². The van der Waals surface area contributed by atoms with Crippen LogP contribution in [0.15, 0.2) is 0 Å². The highest BCUT2D eigenvalue weighted by Crippen LogP contribution is 2.05. The molecule has 0 aromatic heterocycles. The molecule has 1 atom stereocenters. The molecule has 6 heteroatoms. The number of aliphatic hydroxyl groups is 2. The molecule has 0 saturated heterocycles. The van der Waals surface area contributed by atoms with E-state index in [1.54, 1.807) is 0 Å². The Bertz CT molecular complexity index is 228. The van der Waals surface area contributed by atoms with Gasteiger partial charge >= 0.3 is 11.9 Å². The number of methoxy groups -OCH3 is 1. The van der Waals surface area contributed by atoms with Gasteiger partial charge in [0, 0.05) is 25.9 Å². The van der Waals surface area contributed by atoms with Crippen LogP contribution in [0.1, 0.15) is 38.5 Å². The molecule has 0 rings (SSSR count). The summed E-state index contributed by atoms with van der Waals surface area (Å²) < 4.78 is 9.12. The maximum absolute atomic E-state index is 11.2. The average Bonchev–Trinajstić information content (AvgIpc) is 2.31. The Morgan fingerprint density at radius 3 is 2.24 bits per heavy atom. The van der Waals surface area contributed by atoms with Gasteiger partial charge in [0.05, 0.1) is 7.11 Å². The Hall–Kier alpha value is -1.14. The predicted octanol–water partition coefficient (Wildman–Crippen LogP) is 0.354. The van der Waals surface area contributed by atoms with Gasteiger partial charge in [-0.2, -0.15) is 0 Å². The van der Waals surface area contributed by atoms with E-state index in [0.29, 0.717) is 19.3 Å². The van der Waals surface area contributed by atoms with Gasteiger partial charge in [-0.3, -0.25) is 9.59 Å². The number of hydrogen-bond donors (Lipinski definition) is 2. The number of esters is 2. The Labute approximate surface area is 101 Å². The summed E-state index contributed by atoms with van der Waals surface area (Å²) in [6.07, 6.45) is 0.954. The Kier molecular flexibility index (Phi) is 9.37. The van der Waals surface area contributed by atoms with Crippen molar-refractivity contribution in [2.45, 2.75) is 44.8 Å². The third-order valence-electron chi connectivity index (χ3n) is 2.12. The molecule has 0 spiro atoms. The summed E-state index contributed by atoms with van der Waals surface area (Å²) in [6, 6.07) is 0. The van der Waals surface area contributed by atoms with Gasteiger partial charge in [-0.25, -0.2) is 0 Å². The third-order valence-corrected chi connectivity index (χ3v) is 2.12. The number of carbonyl (C=O) groups is 2. The molecule has 0 aliphatic heterocycles.